The van der Waals surface area contributed by atoms with Crippen LogP contribution in [0.3, 0.4) is 0 Å². The molecule has 0 amide bonds. The molecule has 0 saturated carbocycles. The highest BCUT2D eigenvalue weighted by atomic mass is 32.2. The Hall–Kier alpha value is -1.81. The van der Waals surface area contributed by atoms with Crippen molar-refractivity contribution in [1.29, 1.82) is 0 Å². The minimum Gasteiger partial charge on any atom is -0.497 e. The average molecular weight is 310 g/mol. The second-order valence-corrected chi connectivity index (χ2v) is 6.48. The molecular weight excluding hydrogens is 292 g/mol. The SMILES string of the molecule is COc1ccc2c(c1)CCC1=C2CCc2cnc(SC)nc21. The van der Waals surface area contributed by atoms with Crippen molar-refractivity contribution in [2.75, 3.05) is 13.4 Å². The highest BCUT2D eigenvalue weighted by molar-refractivity contribution is 7.98. The minimum atomic E-state index is 0.869. The number of methoxy groups -OCH3 is 1. The predicted molar refractivity (Wildman–Crippen MR) is 90.3 cm³/mol. The molecule has 112 valence electrons. The first kappa shape index (κ1) is 13.8. The Morgan fingerprint density at radius 2 is 1.86 bits per heavy atom. The van der Waals surface area contributed by atoms with Gasteiger partial charge in [0.25, 0.3) is 0 Å². The van der Waals surface area contributed by atoms with Crippen molar-refractivity contribution in [3.05, 3.63) is 46.8 Å². The zero-order valence-electron chi connectivity index (χ0n) is 12.8. The Morgan fingerprint density at radius 1 is 1.05 bits per heavy atom. The number of thioether (sulfide) groups is 1. The summed E-state index contributed by atoms with van der Waals surface area (Å²) in [5.41, 5.74) is 8.17. The second kappa shape index (κ2) is 5.43. The molecular formula is C18H18N2OS. The normalized spacial score (nSPS) is 15.9. The molecule has 1 aromatic carbocycles. The largest absolute Gasteiger partial charge is 0.497 e. The molecule has 0 radical (unpaired) electrons. The van der Waals surface area contributed by atoms with Crippen LogP contribution >= 0.6 is 11.8 Å². The number of aromatic nitrogens is 2. The third kappa shape index (κ3) is 2.13. The maximum absolute atomic E-state index is 5.36. The number of benzene rings is 1. The van der Waals surface area contributed by atoms with E-state index >= 15 is 0 Å². The Balaban J connectivity index is 1.86. The summed E-state index contributed by atoms with van der Waals surface area (Å²) in [5.74, 6) is 0.950. The molecule has 0 fully saturated rings. The van der Waals surface area contributed by atoms with E-state index in [1.54, 1.807) is 18.9 Å². The molecule has 0 bridgehead atoms. The van der Waals surface area contributed by atoms with Crippen molar-refractivity contribution in [2.45, 2.75) is 30.8 Å². The van der Waals surface area contributed by atoms with Gasteiger partial charge in [0, 0.05) is 6.20 Å². The van der Waals surface area contributed by atoms with Gasteiger partial charge in [0.05, 0.1) is 12.8 Å². The molecule has 0 aliphatic heterocycles. The molecule has 1 aromatic heterocycles. The summed E-state index contributed by atoms with van der Waals surface area (Å²) in [6.45, 7) is 0. The smallest absolute Gasteiger partial charge is 0.187 e. The summed E-state index contributed by atoms with van der Waals surface area (Å²) >= 11 is 1.61. The van der Waals surface area contributed by atoms with Gasteiger partial charge in [-0.2, -0.15) is 0 Å². The van der Waals surface area contributed by atoms with Gasteiger partial charge in [0.15, 0.2) is 5.16 Å². The first-order valence-corrected chi connectivity index (χ1v) is 8.82. The van der Waals surface area contributed by atoms with Crippen molar-refractivity contribution in [2.24, 2.45) is 0 Å². The summed E-state index contributed by atoms with van der Waals surface area (Å²) in [7, 11) is 1.73. The van der Waals surface area contributed by atoms with Crippen LogP contribution in [0.15, 0.2) is 29.6 Å². The zero-order valence-corrected chi connectivity index (χ0v) is 13.7. The molecule has 1 heterocycles. The third-order valence-electron chi connectivity index (χ3n) is 4.60. The summed E-state index contributed by atoms with van der Waals surface area (Å²) in [5, 5.41) is 0.869. The third-order valence-corrected chi connectivity index (χ3v) is 5.16. The molecule has 2 aliphatic carbocycles. The molecule has 4 heteroatoms. The van der Waals surface area contributed by atoms with Crippen LogP contribution in [0.4, 0.5) is 0 Å². The summed E-state index contributed by atoms with van der Waals surface area (Å²) in [6.07, 6.45) is 8.29. The lowest BCUT2D eigenvalue weighted by atomic mass is 9.78. The molecule has 2 aromatic rings. The molecule has 0 unspecified atom stereocenters. The lowest BCUT2D eigenvalue weighted by molar-refractivity contribution is 0.414. The van der Waals surface area contributed by atoms with E-state index in [4.69, 9.17) is 9.72 Å². The highest BCUT2D eigenvalue weighted by Gasteiger charge is 2.26. The van der Waals surface area contributed by atoms with Gasteiger partial charge in [-0.1, -0.05) is 17.8 Å². The van der Waals surface area contributed by atoms with Gasteiger partial charge in [-0.3, -0.25) is 0 Å². The Morgan fingerprint density at radius 3 is 2.68 bits per heavy atom. The monoisotopic (exact) mass is 310 g/mol. The van der Waals surface area contributed by atoms with Crippen LogP contribution < -0.4 is 4.74 Å². The van der Waals surface area contributed by atoms with Crippen LogP contribution in [0.5, 0.6) is 5.75 Å². The summed E-state index contributed by atoms with van der Waals surface area (Å²) < 4.78 is 5.36. The van der Waals surface area contributed by atoms with Crippen molar-refractivity contribution in [1.82, 2.24) is 9.97 Å². The molecule has 3 nitrogen and oxygen atoms in total. The summed E-state index contributed by atoms with van der Waals surface area (Å²) in [4.78, 5) is 9.22. The topological polar surface area (TPSA) is 35.0 Å². The number of ether oxygens (including phenoxy) is 1. The molecule has 4 rings (SSSR count). The highest BCUT2D eigenvalue weighted by Crippen LogP contribution is 2.43. The van der Waals surface area contributed by atoms with Crippen LogP contribution in [-0.2, 0) is 12.8 Å². The maximum Gasteiger partial charge on any atom is 0.187 e. The summed E-state index contributed by atoms with van der Waals surface area (Å²) in [6, 6.07) is 6.46. The lowest BCUT2D eigenvalue weighted by Crippen LogP contribution is -2.13. The van der Waals surface area contributed by atoms with Gasteiger partial charge in [0.1, 0.15) is 5.75 Å². The van der Waals surface area contributed by atoms with Crippen LogP contribution in [0.2, 0.25) is 0 Å². The number of aryl methyl sites for hydroxylation is 2. The molecule has 0 spiro atoms. The van der Waals surface area contributed by atoms with E-state index in [1.165, 1.54) is 33.5 Å². The minimum absolute atomic E-state index is 0.869. The quantitative estimate of drug-likeness (QED) is 0.620. The Bertz CT molecular complexity index is 783. The number of fused-ring (bicyclic) bond motifs is 4. The van der Waals surface area contributed by atoms with Crippen molar-refractivity contribution < 1.29 is 4.74 Å². The number of hydrogen-bond donors (Lipinski definition) is 0. The number of hydrogen-bond acceptors (Lipinski definition) is 4. The predicted octanol–water partition coefficient (Wildman–Crippen LogP) is 4.01. The zero-order chi connectivity index (χ0) is 15.1. The van der Waals surface area contributed by atoms with E-state index < -0.39 is 0 Å². The molecule has 22 heavy (non-hydrogen) atoms. The fourth-order valence-corrected chi connectivity index (χ4v) is 3.85. The van der Waals surface area contributed by atoms with E-state index in [1.807, 2.05) is 12.5 Å². The second-order valence-electron chi connectivity index (χ2n) is 5.71. The fourth-order valence-electron chi connectivity index (χ4n) is 3.51. The van der Waals surface area contributed by atoms with Crippen molar-refractivity contribution in [3.63, 3.8) is 0 Å². The van der Waals surface area contributed by atoms with Gasteiger partial charge in [-0.05, 0) is 71.9 Å². The molecule has 0 N–H and O–H groups in total. The van der Waals surface area contributed by atoms with E-state index in [0.29, 0.717) is 0 Å². The van der Waals surface area contributed by atoms with E-state index in [0.717, 1.165) is 36.6 Å². The van der Waals surface area contributed by atoms with Crippen LogP contribution in [0.1, 0.15) is 35.2 Å². The van der Waals surface area contributed by atoms with Gasteiger partial charge >= 0.3 is 0 Å². The van der Waals surface area contributed by atoms with Crippen LogP contribution in [-0.4, -0.2) is 23.3 Å². The van der Waals surface area contributed by atoms with Gasteiger partial charge in [0.2, 0.25) is 0 Å². The molecule has 0 saturated heterocycles. The van der Waals surface area contributed by atoms with Gasteiger partial charge in [-0.25, -0.2) is 9.97 Å². The maximum atomic E-state index is 5.36. The number of nitrogens with zero attached hydrogens (tertiary/aromatic N) is 2. The van der Waals surface area contributed by atoms with Crippen molar-refractivity contribution >= 4 is 22.9 Å². The van der Waals surface area contributed by atoms with Crippen LogP contribution in [0.25, 0.3) is 11.1 Å². The number of rotatable bonds is 2. The first-order chi connectivity index (χ1) is 10.8. The van der Waals surface area contributed by atoms with E-state index in [-0.39, 0.29) is 0 Å². The first-order valence-electron chi connectivity index (χ1n) is 7.59. The lowest BCUT2D eigenvalue weighted by Gasteiger charge is -2.28. The Labute approximate surface area is 134 Å². The Kier molecular flexibility index (Phi) is 3.41. The standard InChI is InChI=1S/C18H18N2OS/c1-21-13-5-8-14-11(9-13)3-7-16-15(14)6-4-12-10-19-18(22-2)20-17(12)16/h5,8-10H,3-4,6-7H2,1-2H3. The van der Waals surface area contributed by atoms with Gasteiger partial charge < -0.3 is 4.74 Å². The fraction of sp³-hybridized carbons (Fsp3) is 0.333. The number of allylic oxidation sites excluding steroid dienone is 2. The molecule has 0 atom stereocenters. The average Bonchev–Trinajstić information content (AvgIpc) is 2.60. The van der Waals surface area contributed by atoms with E-state index in [9.17, 15) is 0 Å². The van der Waals surface area contributed by atoms with E-state index in [2.05, 4.69) is 23.2 Å². The van der Waals surface area contributed by atoms with Crippen molar-refractivity contribution in [3.8, 4) is 5.75 Å². The van der Waals surface area contributed by atoms with Gasteiger partial charge in [-0.15, -0.1) is 0 Å². The van der Waals surface area contributed by atoms with Crippen LogP contribution in [0, 0.1) is 0 Å². The molecule has 2 aliphatic rings.